The van der Waals surface area contributed by atoms with Crippen LogP contribution in [-0.2, 0) is 16.9 Å². The molecule has 0 unspecified atom stereocenters. The first-order valence-corrected chi connectivity index (χ1v) is 6.92. The van der Waals surface area contributed by atoms with Gasteiger partial charge >= 0.3 is 0 Å². The molecule has 0 spiro atoms. The molecule has 5 heteroatoms. The molecule has 4 fully saturated rings. The van der Waals surface area contributed by atoms with Gasteiger partial charge in [0.05, 0.1) is 0 Å². The van der Waals surface area contributed by atoms with Crippen molar-refractivity contribution in [2.45, 2.75) is 50.5 Å². The first-order valence-electron chi connectivity index (χ1n) is 6.92. The molecule has 1 heterocycles. The number of hydrogen-bond acceptors (Lipinski definition) is 5. The topological polar surface area (TPSA) is 74.2 Å². The van der Waals surface area contributed by atoms with E-state index < -0.39 is 0 Å². The predicted octanol–water partition coefficient (Wildman–Crippen LogP) is 1.93. The van der Waals surface area contributed by atoms with Crippen molar-refractivity contribution in [3.8, 4) is 0 Å². The molecule has 4 saturated carbocycles. The van der Waals surface area contributed by atoms with Crippen molar-refractivity contribution in [1.29, 1.82) is 0 Å². The van der Waals surface area contributed by atoms with E-state index in [1.807, 2.05) is 0 Å². The number of rotatable bonds is 3. The summed E-state index contributed by atoms with van der Waals surface area (Å²) < 4.78 is 5.23. The zero-order chi connectivity index (χ0) is 12.2. The van der Waals surface area contributed by atoms with Crippen molar-refractivity contribution in [2.75, 3.05) is 0 Å². The number of aromatic nitrogens is 2. The van der Waals surface area contributed by atoms with Crippen molar-refractivity contribution in [2.24, 2.45) is 23.7 Å². The highest BCUT2D eigenvalue weighted by Gasteiger charge is 2.53. The molecule has 0 amide bonds. The molecule has 5 nitrogen and oxygen atoms in total. The Morgan fingerprint density at radius 3 is 2.33 bits per heavy atom. The molecule has 0 aliphatic heterocycles. The van der Waals surface area contributed by atoms with Gasteiger partial charge in [-0.25, -0.2) is 5.90 Å². The van der Waals surface area contributed by atoms with Crippen LogP contribution >= 0.6 is 0 Å². The molecule has 4 bridgehead atoms. The highest BCUT2D eigenvalue weighted by molar-refractivity contribution is 5.16. The van der Waals surface area contributed by atoms with E-state index in [4.69, 9.17) is 10.4 Å². The van der Waals surface area contributed by atoms with Gasteiger partial charge in [0, 0.05) is 5.41 Å². The Balaban J connectivity index is 1.66. The van der Waals surface area contributed by atoms with E-state index in [-0.39, 0.29) is 12.0 Å². The standard InChI is InChI=1S/C13H19N3O2/c14-17-7-11-15-12(16-18-11)13-4-8-1-9(5-13)3-10(2-8)6-13/h8-10H,1-7,14H2. The molecule has 4 aliphatic carbocycles. The average molecular weight is 249 g/mol. The summed E-state index contributed by atoms with van der Waals surface area (Å²) in [6.45, 7) is 0.208. The number of nitrogens with zero attached hydrogens (tertiary/aromatic N) is 2. The zero-order valence-corrected chi connectivity index (χ0v) is 10.5. The lowest BCUT2D eigenvalue weighted by atomic mass is 9.49. The van der Waals surface area contributed by atoms with Gasteiger partial charge in [-0.3, -0.25) is 4.84 Å². The molecule has 2 N–H and O–H groups in total. The van der Waals surface area contributed by atoms with Crippen LogP contribution in [0.1, 0.15) is 50.2 Å². The summed E-state index contributed by atoms with van der Waals surface area (Å²) in [7, 11) is 0. The van der Waals surface area contributed by atoms with Crippen molar-refractivity contribution in [3.05, 3.63) is 11.7 Å². The molecule has 0 saturated heterocycles. The maximum Gasteiger partial charge on any atom is 0.254 e. The Morgan fingerprint density at radius 2 is 1.78 bits per heavy atom. The maximum atomic E-state index is 5.23. The van der Waals surface area contributed by atoms with Crippen LogP contribution in [0, 0.1) is 17.8 Å². The maximum absolute atomic E-state index is 5.23. The molecule has 0 radical (unpaired) electrons. The third-order valence-corrected chi connectivity index (χ3v) is 5.19. The summed E-state index contributed by atoms with van der Waals surface area (Å²) in [5.74, 6) is 9.14. The van der Waals surface area contributed by atoms with Gasteiger partial charge in [-0.2, -0.15) is 4.98 Å². The quantitative estimate of drug-likeness (QED) is 0.828. The van der Waals surface area contributed by atoms with E-state index in [0.29, 0.717) is 5.89 Å². The minimum atomic E-state index is 0.200. The van der Waals surface area contributed by atoms with Crippen LogP contribution in [0.25, 0.3) is 0 Å². The number of hydrogen-bond donors (Lipinski definition) is 1. The van der Waals surface area contributed by atoms with Gasteiger partial charge in [0.1, 0.15) is 6.61 Å². The lowest BCUT2D eigenvalue weighted by Crippen LogP contribution is -2.49. The van der Waals surface area contributed by atoms with Crippen LogP contribution in [0.3, 0.4) is 0 Å². The predicted molar refractivity (Wildman–Crippen MR) is 63.1 cm³/mol. The first kappa shape index (κ1) is 10.9. The smallest absolute Gasteiger partial charge is 0.254 e. The van der Waals surface area contributed by atoms with Crippen molar-refractivity contribution >= 4 is 0 Å². The highest BCUT2D eigenvalue weighted by atomic mass is 16.6. The van der Waals surface area contributed by atoms with Crippen molar-refractivity contribution in [3.63, 3.8) is 0 Å². The summed E-state index contributed by atoms with van der Waals surface area (Å²) in [6.07, 6.45) is 8.03. The molecule has 0 atom stereocenters. The molecule has 1 aromatic rings. The lowest BCUT2D eigenvalue weighted by molar-refractivity contribution is -0.0103. The normalized spacial score (nSPS) is 41.5. The second kappa shape index (κ2) is 3.78. The summed E-state index contributed by atoms with van der Waals surface area (Å²) in [6, 6.07) is 0. The van der Waals surface area contributed by atoms with Gasteiger partial charge in [0.25, 0.3) is 5.89 Å². The lowest BCUT2D eigenvalue weighted by Gasteiger charge is -2.55. The monoisotopic (exact) mass is 249 g/mol. The Bertz CT molecular complexity index is 422. The minimum absolute atomic E-state index is 0.200. The number of nitrogens with two attached hydrogens (primary N) is 1. The van der Waals surface area contributed by atoms with Crippen LogP contribution in [-0.4, -0.2) is 10.1 Å². The summed E-state index contributed by atoms with van der Waals surface area (Å²) in [5.41, 5.74) is 0.200. The second-order valence-corrected chi connectivity index (χ2v) is 6.52. The van der Waals surface area contributed by atoms with Crippen molar-refractivity contribution in [1.82, 2.24) is 10.1 Å². The highest BCUT2D eigenvalue weighted by Crippen LogP contribution is 2.60. The van der Waals surface area contributed by atoms with Crippen LogP contribution in [0.5, 0.6) is 0 Å². The van der Waals surface area contributed by atoms with E-state index >= 15 is 0 Å². The van der Waals surface area contributed by atoms with Gasteiger partial charge in [0.2, 0.25) is 0 Å². The van der Waals surface area contributed by atoms with Crippen LogP contribution in [0.4, 0.5) is 0 Å². The molecule has 18 heavy (non-hydrogen) atoms. The Hall–Kier alpha value is -0.940. The average Bonchev–Trinajstić information content (AvgIpc) is 2.77. The Kier molecular flexibility index (Phi) is 2.29. The fourth-order valence-corrected chi connectivity index (χ4v) is 4.98. The molecule has 0 aromatic carbocycles. The fraction of sp³-hybridized carbons (Fsp3) is 0.846. The molecule has 1 aromatic heterocycles. The van der Waals surface area contributed by atoms with Crippen LogP contribution in [0.15, 0.2) is 4.52 Å². The van der Waals surface area contributed by atoms with Gasteiger partial charge in [-0.15, -0.1) is 0 Å². The second-order valence-electron chi connectivity index (χ2n) is 6.52. The SMILES string of the molecule is NOCc1nc(C23CC4CC(CC(C4)C2)C3)no1. The summed E-state index contributed by atoms with van der Waals surface area (Å²) in [5, 5.41) is 4.20. The minimum Gasteiger partial charge on any atom is -0.337 e. The van der Waals surface area contributed by atoms with E-state index in [1.54, 1.807) is 0 Å². The van der Waals surface area contributed by atoms with Gasteiger partial charge in [-0.1, -0.05) is 5.16 Å². The van der Waals surface area contributed by atoms with E-state index in [0.717, 1.165) is 23.6 Å². The molecule has 5 rings (SSSR count). The van der Waals surface area contributed by atoms with Gasteiger partial charge in [-0.05, 0) is 56.3 Å². The molecule has 98 valence electrons. The van der Waals surface area contributed by atoms with E-state index in [1.165, 1.54) is 38.5 Å². The van der Waals surface area contributed by atoms with Gasteiger partial charge in [0.15, 0.2) is 5.82 Å². The fourth-order valence-electron chi connectivity index (χ4n) is 4.98. The largest absolute Gasteiger partial charge is 0.337 e. The Labute approximate surface area is 106 Å². The van der Waals surface area contributed by atoms with Crippen molar-refractivity contribution < 1.29 is 9.36 Å². The zero-order valence-electron chi connectivity index (χ0n) is 10.5. The molecular weight excluding hydrogens is 230 g/mol. The van der Waals surface area contributed by atoms with E-state index in [2.05, 4.69) is 15.0 Å². The molecule has 4 aliphatic rings. The first-order chi connectivity index (χ1) is 8.77. The van der Waals surface area contributed by atoms with Crippen LogP contribution < -0.4 is 5.90 Å². The van der Waals surface area contributed by atoms with Crippen LogP contribution in [0.2, 0.25) is 0 Å². The summed E-state index contributed by atoms with van der Waals surface area (Å²) in [4.78, 5) is 9.07. The van der Waals surface area contributed by atoms with E-state index in [9.17, 15) is 0 Å². The Morgan fingerprint density at radius 1 is 1.17 bits per heavy atom. The summed E-state index contributed by atoms with van der Waals surface area (Å²) >= 11 is 0. The molecular formula is C13H19N3O2. The third kappa shape index (κ3) is 1.53. The third-order valence-electron chi connectivity index (χ3n) is 5.19. The van der Waals surface area contributed by atoms with Gasteiger partial charge < -0.3 is 4.52 Å².